The molecule has 0 aliphatic carbocycles. The second kappa shape index (κ2) is 6.97. The van der Waals surface area contributed by atoms with Gasteiger partial charge in [-0.1, -0.05) is 19.1 Å². The first kappa shape index (κ1) is 15.2. The van der Waals surface area contributed by atoms with E-state index in [1.54, 1.807) is 6.92 Å². The molecule has 112 valence electrons. The minimum Gasteiger partial charge on any atom is -0.368 e. The van der Waals surface area contributed by atoms with Crippen LogP contribution < -0.4 is 11.1 Å². The lowest BCUT2D eigenvalue weighted by atomic mass is 10.0. The lowest BCUT2D eigenvalue weighted by Crippen LogP contribution is -2.21. The number of nitrogen functional groups attached to an aromatic ring is 1. The summed E-state index contributed by atoms with van der Waals surface area (Å²) in [5, 5.41) is 3.28. The quantitative estimate of drug-likeness (QED) is 0.855. The Hall–Kier alpha value is -2.24. The first-order valence-electron chi connectivity index (χ1n) is 7.06. The molecule has 5 nitrogen and oxygen atoms in total. The maximum absolute atomic E-state index is 12.9. The molecule has 2 aromatic rings. The van der Waals surface area contributed by atoms with Crippen LogP contribution in [0.4, 0.5) is 16.3 Å². The van der Waals surface area contributed by atoms with E-state index in [-0.39, 0.29) is 17.8 Å². The summed E-state index contributed by atoms with van der Waals surface area (Å²) in [7, 11) is 0. The Labute approximate surface area is 123 Å². The van der Waals surface area contributed by atoms with E-state index in [4.69, 9.17) is 5.73 Å². The highest BCUT2D eigenvalue weighted by Crippen LogP contribution is 2.12. The molecule has 3 N–H and O–H groups in total. The standard InChI is InChI=1S/C15H20FN5/c1-3-13(9-6-11-4-7-12(16)8-5-11)20-15-19-10(2)18-14(17)21-15/h4-5,7-8,13H,3,6,9H2,1-2H3,(H3,17,18,19,20,21). The predicted octanol–water partition coefficient (Wildman–Crippen LogP) is 2.72. The van der Waals surface area contributed by atoms with E-state index in [1.807, 2.05) is 12.1 Å². The molecule has 21 heavy (non-hydrogen) atoms. The summed E-state index contributed by atoms with van der Waals surface area (Å²) in [6.45, 7) is 3.88. The second-order valence-corrected chi connectivity index (χ2v) is 4.98. The third-order valence-corrected chi connectivity index (χ3v) is 3.29. The summed E-state index contributed by atoms with van der Waals surface area (Å²) < 4.78 is 12.9. The first-order chi connectivity index (χ1) is 10.1. The highest BCUT2D eigenvalue weighted by Gasteiger charge is 2.09. The van der Waals surface area contributed by atoms with Crippen LogP contribution in [0.3, 0.4) is 0 Å². The largest absolute Gasteiger partial charge is 0.368 e. The van der Waals surface area contributed by atoms with E-state index in [2.05, 4.69) is 27.2 Å². The van der Waals surface area contributed by atoms with E-state index < -0.39 is 0 Å². The van der Waals surface area contributed by atoms with E-state index in [0.29, 0.717) is 11.8 Å². The summed E-state index contributed by atoms with van der Waals surface area (Å²) in [5.41, 5.74) is 6.73. The average molecular weight is 289 g/mol. The summed E-state index contributed by atoms with van der Waals surface area (Å²) in [4.78, 5) is 12.3. The molecule has 1 heterocycles. The van der Waals surface area contributed by atoms with Crippen molar-refractivity contribution in [2.24, 2.45) is 0 Å². The SMILES string of the molecule is CCC(CCc1ccc(F)cc1)Nc1nc(C)nc(N)n1. The smallest absolute Gasteiger partial charge is 0.227 e. The van der Waals surface area contributed by atoms with Gasteiger partial charge in [-0.05, 0) is 43.9 Å². The molecule has 0 amide bonds. The summed E-state index contributed by atoms with van der Waals surface area (Å²) in [5.74, 6) is 1.11. The second-order valence-electron chi connectivity index (χ2n) is 4.98. The van der Waals surface area contributed by atoms with Crippen LogP contribution in [0.5, 0.6) is 0 Å². The molecule has 1 aromatic heterocycles. The maximum Gasteiger partial charge on any atom is 0.227 e. The fourth-order valence-electron chi connectivity index (χ4n) is 2.12. The average Bonchev–Trinajstić information content (AvgIpc) is 2.44. The van der Waals surface area contributed by atoms with Crippen molar-refractivity contribution in [1.29, 1.82) is 0 Å². The molecule has 6 heteroatoms. The van der Waals surface area contributed by atoms with Gasteiger partial charge in [-0.3, -0.25) is 0 Å². The van der Waals surface area contributed by atoms with E-state index in [9.17, 15) is 4.39 Å². The Balaban J connectivity index is 1.95. The number of aryl methyl sites for hydroxylation is 2. The van der Waals surface area contributed by atoms with Crippen LogP contribution >= 0.6 is 0 Å². The number of nitrogens with zero attached hydrogens (tertiary/aromatic N) is 3. The van der Waals surface area contributed by atoms with Crippen molar-refractivity contribution >= 4 is 11.9 Å². The molecular weight excluding hydrogens is 269 g/mol. The van der Waals surface area contributed by atoms with Crippen molar-refractivity contribution in [3.8, 4) is 0 Å². The van der Waals surface area contributed by atoms with Gasteiger partial charge in [-0.15, -0.1) is 0 Å². The highest BCUT2D eigenvalue weighted by atomic mass is 19.1. The molecule has 0 saturated carbocycles. The van der Waals surface area contributed by atoms with Crippen LogP contribution in [-0.2, 0) is 6.42 Å². The third kappa shape index (κ3) is 4.66. The number of anilines is 2. The monoisotopic (exact) mass is 289 g/mol. The maximum atomic E-state index is 12.9. The molecule has 0 saturated heterocycles. The van der Waals surface area contributed by atoms with Crippen LogP contribution in [0.2, 0.25) is 0 Å². The van der Waals surface area contributed by atoms with Crippen molar-refractivity contribution < 1.29 is 4.39 Å². The Morgan fingerprint density at radius 1 is 1.19 bits per heavy atom. The predicted molar refractivity (Wildman–Crippen MR) is 81.4 cm³/mol. The third-order valence-electron chi connectivity index (χ3n) is 3.29. The van der Waals surface area contributed by atoms with Crippen LogP contribution in [0, 0.1) is 12.7 Å². The van der Waals surface area contributed by atoms with Crippen molar-refractivity contribution in [1.82, 2.24) is 15.0 Å². The molecule has 0 bridgehead atoms. The Morgan fingerprint density at radius 2 is 1.90 bits per heavy atom. The lowest BCUT2D eigenvalue weighted by Gasteiger charge is -2.17. The zero-order chi connectivity index (χ0) is 15.2. The number of hydrogen-bond acceptors (Lipinski definition) is 5. The summed E-state index contributed by atoms with van der Waals surface area (Å²) in [6, 6.07) is 6.83. The lowest BCUT2D eigenvalue weighted by molar-refractivity contribution is 0.618. The topological polar surface area (TPSA) is 76.7 Å². The van der Waals surface area contributed by atoms with Crippen molar-refractivity contribution in [3.63, 3.8) is 0 Å². The molecule has 0 fully saturated rings. The Morgan fingerprint density at radius 3 is 2.52 bits per heavy atom. The van der Waals surface area contributed by atoms with Crippen molar-refractivity contribution in [3.05, 3.63) is 41.5 Å². The van der Waals surface area contributed by atoms with Gasteiger partial charge in [0.15, 0.2) is 0 Å². The molecule has 0 spiro atoms. The minimum atomic E-state index is -0.208. The fraction of sp³-hybridized carbons (Fsp3) is 0.400. The normalized spacial score (nSPS) is 12.1. The molecule has 1 atom stereocenters. The van der Waals surface area contributed by atoms with Gasteiger partial charge in [0.25, 0.3) is 0 Å². The first-order valence-corrected chi connectivity index (χ1v) is 7.06. The zero-order valence-corrected chi connectivity index (χ0v) is 12.3. The van der Waals surface area contributed by atoms with Gasteiger partial charge in [-0.25, -0.2) is 4.39 Å². The number of benzene rings is 1. The Kier molecular flexibility index (Phi) is 5.03. The molecule has 0 aliphatic heterocycles. The zero-order valence-electron chi connectivity index (χ0n) is 12.3. The number of rotatable bonds is 6. The number of nitrogens with two attached hydrogens (primary N) is 1. The van der Waals surface area contributed by atoms with Crippen LogP contribution in [-0.4, -0.2) is 21.0 Å². The van der Waals surface area contributed by atoms with Crippen molar-refractivity contribution in [2.45, 2.75) is 39.2 Å². The molecule has 0 radical (unpaired) electrons. The number of aromatic nitrogens is 3. The molecule has 1 aromatic carbocycles. The van der Waals surface area contributed by atoms with Gasteiger partial charge in [0.2, 0.25) is 11.9 Å². The van der Waals surface area contributed by atoms with E-state index in [1.165, 1.54) is 12.1 Å². The summed E-state index contributed by atoms with van der Waals surface area (Å²) in [6.07, 6.45) is 2.71. The van der Waals surface area contributed by atoms with Crippen LogP contribution in [0.1, 0.15) is 31.2 Å². The molecule has 1 unspecified atom stereocenters. The van der Waals surface area contributed by atoms with Gasteiger partial charge < -0.3 is 11.1 Å². The fourth-order valence-corrected chi connectivity index (χ4v) is 2.12. The number of nitrogens with one attached hydrogen (secondary N) is 1. The van der Waals surface area contributed by atoms with E-state index in [0.717, 1.165) is 24.8 Å². The van der Waals surface area contributed by atoms with Crippen molar-refractivity contribution in [2.75, 3.05) is 11.1 Å². The summed E-state index contributed by atoms with van der Waals surface area (Å²) >= 11 is 0. The van der Waals surface area contributed by atoms with Gasteiger partial charge in [-0.2, -0.15) is 15.0 Å². The van der Waals surface area contributed by atoms with Gasteiger partial charge in [0, 0.05) is 6.04 Å². The molecular formula is C15H20FN5. The molecule has 0 aliphatic rings. The number of hydrogen-bond donors (Lipinski definition) is 2. The van der Waals surface area contributed by atoms with Crippen LogP contribution in [0.15, 0.2) is 24.3 Å². The minimum absolute atomic E-state index is 0.208. The van der Waals surface area contributed by atoms with Crippen LogP contribution in [0.25, 0.3) is 0 Å². The Bertz CT molecular complexity index is 565. The van der Waals surface area contributed by atoms with Gasteiger partial charge in [0.05, 0.1) is 0 Å². The van der Waals surface area contributed by atoms with Gasteiger partial charge >= 0.3 is 0 Å². The van der Waals surface area contributed by atoms with Gasteiger partial charge in [0.1, 0.15) is 11.6 Å². The molecule has 2 rings (SSSR count). The van der Waals surface area contributed by atoms with E-state index >= 15 is 0 Å². The highest BCUT2D eigenvalue weighted by molar-refractivity contribution is 5.32. The number of halogens is 1.